The van der Waals surface area contributed by atoms with Gasteiger partial charge in [-0.15, -0.1) is 0 Å². The summed E-state index contributed by atoms with van der Waals surface area (Å²) in [5.74, 6) is 0.550. The van der Waals surface area contributed by atoms with E-state index in [4.69, 9.17) is 4.74 Å². The summed E-state index contributed by atoms with van der Waals surface area (Å²) in [6, 6.07) is 7.46. The van der Waals surface area contributed by atoms with Crippen LogP contribution in [0.25, 0.3) is 0 Å². The predicted molar refractivity (Wildman–Crippen MR) is 95.7 cm³/mol. The summed E-state index contributed by atoms with van der Waals surface area (Å²) in [4.78, 5) is 21.4. The van der Waals surface area contributed by atoms with Gasteiger partial charge in [-0.1, -0.05) is 0 Å². The second-order valence-corrected chi connectivity index (χ2v) is 6.42. The topological polar surface area (TPSA) is 73.8 Å². The molecule has 0 spiro atoms. The molecule has 24 heavy (non-hydrogen) atoms. The number of hydrogen-bond donors (Lipinski definition) is 1. The largest absolute Gasteiger partial charge is 0.442 e. The van der Waals surface area contributed by atoms with Gasteiger partial charge in [0.05, 0.1) is 11.9 Å². The Balaban J connectivity index is 2.29. The molecule has 0 aliphatic heterocycles. The van der Waals surface area contributed by atoms with Gasteiger partial charge >= 0.3 is 6.09 Å². The summed E-state index contributed by atoms with van der Waals surface area (Å²) in [6.07, 6.45) is 4.22. The number of anilines is 2. The molecule has 7 nitrogen and oxygen atoms in total. The zero-order valence-electron chi connectivity index (χ0n) is 14.6. The van der Waals surface area contributed by atoms with Gasteiger partial charge in [0.15, 0.2) is 0 Å². The Morgan fingerprint density at radius 2 is 1.83 bits per heavy atom. The zero-order chi connectivity index (χ0) is 17.7. The first-order valence-corrected chi connectivity index (χ1v) is 7.60. The summed E-state index contributed by atoms with van der Waals surface area (Å²) < 4.78 is 5.43. The molecule has 1 N–H and O–H groups in total. The Bertz CT molecular complexity index is 685. The number of ether oxygens (including phenoxy) is 1. The molecule has 0 radical (unpaired) electrons. The Morgan fingerprint density at radius 1 is 1.21 bits per heavy atom. The number of H-pyrrole nitrogens is 1. The van der Waals surface area contributed by atoms with E-state index in [9.17, 15) is 4.79 Å². The highest BCUT2D eigenvalue weighted by molar-refractivity contribution is 5.90. The molecule has 1 heterocycles. The molecule has 0 atom stereocenters. The SMILES string of the molecule is CN(C)c1ccc(N(/N=C/c2ncc[nH]2)C(=O)OC(C)(C)C)cc1. The lowest BCUT2D eigenvalue weighted by molar-refractivity contribution is 0.0581. The molecule has 2 rings (SSSR count). The molecule has 7 heteroatoms. The smallest absolute Gasteiger partial charge is 0.435 e. The van der Waals surface area contributed by atoms with Crippen LogP contribution in [-0.4, -0.2) is 42.0 Å². The Labute approximate surface area is 141 Å². The molecule has 1 aromatic carbocycles. The van der Waals surface area contributed by atoms with Crippen LogP contribution in [0.15, 0.2) is 41.8 Å². The Hall–Kier alpha value is -2.83. The number of hydrogen-bond acceptors (Lipinski definition) is 5. The van der Waals surface area contributed by atoms with Crippen molar-refractivity contribution >= 4 is 23.7 Å². The number of imidazole rings is 1. The number of nitrogens with one attached hydrogen (secondary N) is 1. The van der Waals surface area contributed by atoms with Gasteiger partial charge in [0.2, 0.25) is 0 Å². The number of carbonyl (C=O) groups is 1. The fourth-order valence-electron chi connectivity index (χ4n) is 1.88. The van der Waals surface area contributed by atoms with Crippen LogP contribution in [0.3, 0.4) is 0 Å². The molecule has 0 bridgehead atoms. The third-order valence-electron chi connectivity index (χ3n) is 2.99. The van der Waals surface area contributed by atoms with Crippen molar-refractivity contribution in [2.45, 2.75) is 26.4 Å². The van der Waals surface area contributed by atoms with E-state index in [-0.39, 0.29) is 0 Å². The van der Waals surface area contributed by atoms with Crippen LogP contribution in [0.1, 0.15) is 26.6 Å². The molecular weight excluding hydrogens is 306 g/mol. The van der Waals surface area contributed by atoms with Gasteiger partial charge in [0.1, 0.15) is 11.4 Å². The van der Waals surface area contributed by atoms with Crippen LogP contribution in [0.5, 0.6) is 0 Å². The first kappa shape index (κ1) is 17.5. The fraction of sp³-hybridized carbons (Fsp3) is 0.353. The van der Waals surface area contributed by atoms with Gasteiger partial charge in [-0.05, 0) is 45.0 Å². The minimum Gasteiger partial charge on any atom is -0.442 e. The van der Waals surface area contributed by atoms with Gasteiger partial charge in [0, 0.05) is 32.2 Å². The van der Waals surface area contributed by atoms with Crippen molar-refractivity contribution < 1.29 is 9.53 Å². The second-order valence-electron chi connectivity index (χ2n) is 6.42. The molecule has 0 saturated heterocycles. The number of aromatic nitrogens is 2. The lowest BCUT2D eigenvalue weighted by atomic mass is 10.2. The quantitative estimate of drug-likeness (QED) is 0.690. The van der Waals surface area contributed by atoms with Crippen molar-refractivity contribution in [3.8, 4) is 0 Å². The molecule has 0 unspecified atom stereocenters. The van der Waals surface area contributed by atoms with E-state index in [1.807, 2.05) is 64.0 Å². The van der Waals surface area contributed by atoms with Crippen molar-refractivity contribution in [3.63, 3.8) is 0 Å². The fourth-order valence-corrected chi connectivity index (χ4v) is 1.88. The molecule has 0 saturated carbocycles. The average molecular weight is 329 g/mol. The summed E-state index contributed by atoms with van der Waals surface area (Å²) in [6.45, 7) is 5.44. The van der Waals surface area contributed by atoms with Crippen LogP contribution >= 0.6 is 0 Å². The van der Waals surface area contributed by atoms with Gasteiger partial charge in [0.25, 0.3) is 0 Å². The predicted octanol–water partition coefficient (Wildman–Crippen LogP) is 3.25. The van der Waals surface area contributed by atoms with Gasteiger partial charge in [-0.25, -0.2) is 9.78 Å². The summed E-state index contributed by atoms with van der Waals surface area (Å²) in [5, 5.41) is 5.44. The van der Waals surface area contributed by atoms with Crippen LogP contribution < -0.4 is 9.91 Å². The first-order chi connectivity index (χ1) is 11.3. The molecular formula is C17H23N5O2. The van der Waals surface area contributed by atoms with E-state index in [1.54, 1.807) is 12.4 Å². The number of benzene rings is 1. The average Bonchev–Trinajstić information content (AvgIpc) is 2.99. The monoisotopic (exact) mass is 329 g/mol. The molecule has 128 valence electrons. The number of nitrogens with zero attached hydrogens (tertiary/aromatic N) is 4. The van der Waals surface area contributed by atoms with Crippen molar-refractivity contribution in [1.82, 2.24) is 9.97 Å². The van der Waals surface area contributed by atoms with Crippen molar-refractivity contribution in [3.05, 3.63) is 42.5 Å². The lowest BCUT2D eigenvalue weighted by Gasteiger charge is -2.24. The van der Waals surface area contributed by atoms with Crippen LogP contribution in [0.4, 0.5) is 16.2 Å². The van der Waals surface area contributed by atoms with E-state index in [2.05, 4.69) is 15.1 Å². The molecule has 0 aliphatic carbocycles. The normalized spacial score (nSPS) is 11.5. The number of aromatic amines is 1. The maximum Gasteiger partial charge on any atom is 0.435 e. The number of amides is 1. The van der Waals surface area contributed by atoms with E-state index < -0.39 is 11.7 Å². The third kappa shape index (κ3) is 4.84. The highest BCUT2D eigenvalue weighted by Crippen LogP contribution is 2.22. The standard InChI is InChI=1S/C17H23N5O2/c1-17(2,3)24-16(23)22(20-12-15-18-10-11-19-15)14-8-6-13(7-9-14)21(4)5/h6-12H,1-5H3,(H,18,19)/b20-12+. The molecule has 0 aliphatic rings. The van der Waals surface area contributed by atoms with Crippen molar-refractivity contribution in [2.75, 3.05) is 24.0 Å². The minimum absolute atomic E-state index is 0.550. The molecule has 0 fully saturated rings. The van der Waals surface area contributed by atoms with Crippen LogP contribution in [0.2, 0.25) is 0 Å². The number of carbonyl (C=O) groups excluding carboxylic acids is 1. The van der Waals surface area contributed by atoms with Crippen molar-refractivity contribution in [1.29, 1.82) is 0 Å². The highest BCUT2D eigenvalue weighted by atomic mass is 16.6. The molecule has 1 amide bonds. The minimum atomic E-state index is -0.612. The van der Waals surface area contributed by atoms with Crippen LogP contribution in [-0.2, 0) is 4.74 Å². The van der Waals surface area contributed by atoms with Gasteiger partial charge in [-0.2, -0.15) is 10.1 Å². The maximum atomic E-state index is 12.5. The summed E-state index contributed by atoms with van der Waals surface area (Å²) in [5.41, 5.74) is 1.02. The zero-order valence-corrected chi connectivity index (χ0v) is 14.6. The third-order valence-corrected chi connectivity index (χ3v) is 2.99. The van der Waals surface area contributed by atoms with Crippen molar-refractivity contribution in [2.24, 2.45) is 5.10 Å². The number of rotatable bonds is 4. The van der Waals surface area contributed by atoms with E-state index in [0.29, 0.717) is 11.5 Å². The maximum absolute atomic E-state index is 12.5. The van der Waals surface area contributed by atoms with E-state index >= 15 is 0 Å². The Morgan fingerprint density at radius 3 is 2.33 bits per heavy atom. The summed E-state index contributed by atoms with van der Waals surface area (Å²) >= 11 is 0. The van der Waals surface area contributed by atoms with Crippen LogP contribution in [0, 0.1) is 0 Å². The summed E-state index contributed by atoms with van der Waals surface area (Å²) in [7, 11) is 3.91. The van der Waals surface area contributed by atoms with Gasteiger partial charge in [-0.3, -0.25) is 0 Å². The van der Waals surface area contributed by atoms with E-state index in [0.717, 1.165) is 5.69 Å². The molecule has 1 aromatic heterocycles. The van der Waals surface area contributed by atoms with Gasteiger partial charge < -0.3 is 14.6 Å². The lowest BCUT2D eigenvalue weighted by Crippen LogP contribution is -2.33. The number of hydrazone groups is 1. The van der Waals surface area contributed by atoms with E-state index in [1.165, 1.54) is 11.2 Å². The molecule has 2 aromatic rings. The highest BCUT2D eigenvalue weighted by Gasteiger charge is 2.23. The second kappa shape index (κ2) is 7.16. The first-order valence-electron chi connectivity index (χ1n) is 7.60. The Kier molecular flexibility index (Phi) is 5.23.